The number of anilines is 2. The van der Waals surface area contributed by atoms with E-state index < -0.39 is 5.82 Å². The van der Waals surface area contributed by atoms with Gasteiger partial charge in [0.15, 0.2) is 0 Å². The number of piperidine rings is 1. The second kappa shape index (κ2) is 7.96. The zero-order chi connectivity index (χ0) is 21.5. The molecule has 2 fully saturated rings. The molecule has 162 valence electrons. The highest BCUT2D eigenvalue weighted by Gasteiger charge is 2.43. The quantitative estimate of drug-likeness (QED) is 0.641. The molecule has 8 nitrogen and oxygen atoms in total. The number of hydrogen-bond acceptors (Lipinski definition) is 7. The van der Waals surface area contributed by atoms with Crippen molar-refractivity contribution in [1.82, 2.24) is 24.7 Å². The van der Waals surface area contributed by atoms with Gasteiger partial charge in [-0.25, -0.2) is 19.0 Å². The minimum atomic E-state index is -0.467. The summed E-state index contributed by atoms with van der Waals surface area (Å²) >= 11 is 5.91. The highest BCUT2D eigenvalue weighted by Crippen LogP contribution is 2.39. The van der Waals surface area contributed by atoms with Crippen LogP contribution in [-0.4, -0.2) is 43.9 Å². The third-order valence-electron chi connectivity index (χ3n) is 6.01. The molecule has 1 aliphatic heterocycles. The van der Waals surface area contributed by atoms with Crippen molar-refractivity contribution >= 4 is 23.4 Å². The van der Waals surface area contributed by atoms with Crippen molar-refractivity contribution in [2.45, 2.75) is 25.8 Å². The number of aryl methyl sites for hydroxylation is 2. The Kier molecular flexibility index (Phi) is 5.13. The number of rotatable bonds is 5. The first-order valence-electron chi connectivity index (χ1n) is 10.3. The van der Waals surface area contributed by atoms with Gasteiger partial charge in [0, 0.05) is 49.0 Å². The summed E-state index contributed by atoms with van der Waals surface area (Å²) in [6.07, 6.45) is 3.93. The fraction of sp³-hybridized carbons (Fsp3) is 0.429. The highest BCUT2D eigenvalue weighted by molar-refractivity contribution is 6.30. The maximum Gasteiger partial charge on any atom is 0.321 e. The summed E-state index contributed by atoms with van der Waals surface area (Å²) in [6, 6.07) is 6.62. The van der Waals surface area contributed by atoms with Crippen LogP contribution >= 0.6 is 11.6 Å². The maximum absolute atomic E-state index is 13.6. The molecule has 1 aliphatic carbocycles. The van der Waals surface area contributed by atoms with Crippen molar-refractivity contribution in [2.24, 2.45) is 18.9 Å². The van der Waals surface area contributed by atoms with Crippen molar-refractivity contribution in [3.63, 3.8) is 0 Å². The van der Waals surface area contributed by atoms with Gasteiger partial charge in [-0.2, -0.15) is 4.98 Å². The minimum absolute atomic E-state index is 0.262. The van der Waals surface area contributed by atoms with Gasteiger partial charge < -0.3 is 15.0 Å². The third-order valence-corrected chi connectivity index (χ3v) is 6.23. The van der Waals surface area contributed by atoms with Gasteiger partial charge in [-0.1, -0.05) is 11.6 Å². The Labute approximate surface area is 184 Å². The van der Waals surface area contributed by atoms with Crippen LogP contribution in [0.4, 0.5) is 16.2 Å². The van der Waals surface area contributed by atoms with Gasteiger partial charge in [-0.3, -0.25) is 0 Å². The van der Waals surface area contributed by atoms with Crippen LogP contribution in [0.15, 0.2) is 30.6 Å². The Morgan fingerprint density at radius 3 is 2.61 bits per heavy atom. The van der Waals surface area contributed by atoms with E-state index in [2.05, 4.69) is 30.3 Å². The number of aromatic nitrogens is 5. The second-order valence-corrected chi connectivity index (χ2v) is 8.68. The molecule has 0 radical (unpaired) electrons. The van der Waals surface area contributed by atoms with Crippen LogP contribution in [-0.2, 0) is 7.05 Å². The number of nitrogens with one attached hydrogen (secondary N) is 1. The molecule has 1 saturated heterocycles. The van der Waals surface area contributed by atoms with E-state index in [9.17, 15) is 4.39 Å². The Morgan fingerprint density at radius 1 is 1.13 bits per heavy atom. The first-order valence-corrected chi connectivity index (χ1v) is 10.7. The number of benzene rings is 1. The van der Waals surface area contributed by atoms with Gasteiger partial charge in [-0.15, -0.1) is 5.10 Å². The average Bonchev–Trinajstić information content (AvgIpc) is 3.15. The summed E-state index contributed by atoms with van der Waals surface area (Å²) in [5.41, 5.74) is 0.974. The molecule has 3 aromatic rings. The molecule has 1 N–H and O–H groups in total. The molecule has 2 bridgehead atoms. The Morgan fingerprint density at radius 2 is 1.90 bits per heavy atom. The van der Waals surface area contributed by atoms with Gasteiger partial charge in [0.2, 0.25) is 5.95 Å². The summed E-state index contributed by atoms with van der Waals surface area (Å²) < 4.78 is 20.8. The van der Waals surface area contributed by atoms with Gasteiger partial charge in [0.05, 0.1) is 0 Å². The molecule has 5 rings (SSSR count). The molecule has 1 saturated carbocycles. The molecule has 0 amide bonds. The topological polar surface area (TPSA) is 81.0 Å². The van der Waals surface area contributed by atoms with Crippen molar-refractivity contribution in [2.75, 3.05) is 23.3 Å². The zero-order valence-electron chi connectivity index (χ0n) is 17.3. The maximum atomic E-state index is 13.6. The largest absolute Gasteiger partial charge is 0.424 e. The van der Waals surface area contributed by atoms with E-state index in [4.69, 9.17) is 16.3 Å². The third kappa shape index (κ3) is 4.14. The summed E-state index contributed by atoms with van der Waals surface area (Å²) in [4.78, 5) is 15.5. The van der Waals surface area contributed by atoms with Crippen LogP contribution < -0.4 is 15.0 Å². The van der Waals surface area contributed by atoms with E-state index in [-0.39, 0.29) is 22.8 Å². The average molecular weight is 444 g/mol. The first kappa shape index (κ1) is 20.0. The molecule has 2 aliphatic rings. The zero-order valence-corrected chi connectivity index (χ0v) is 18.1. The smallest absolute Gasteiger partial charge is 0.321 e. The molecule has 1 aromatic carbocycles. The van der Waals surface area contributed by atoms with E-state index in [1.807, 2.05) is 13.0 Å². The number of fused-ring (bicyclic) bond motifs is 2. The number of halogens is 2. The second-order valence-electron chi connectivity index (χ2n) is 8.24. The predicted octanol–water partition coefficient (Wildman–Crippen LogP) is 3.83. The summed E-state index contributed by atoms with van der Waals surface area (Å²) in [6.45, 7) is 3.85. The van der Waals surface area contributed by atoms with Gasteiger partial charge in [-0.05, 0) is 43.7 Å². The van der Waals surface area contributed by atoms with Gasteiger partial charge in [0.25, 0.3) is 0 Å². The van der Waals surface area contributed by atoms with Crippen molar-refractivity contribution in [3.05, 3.63) is 47.1 Å². The lowest BCUT2D eigenvalue weighted by atomic mass is 9.92. The normalized spacial score (nSPS) is 22.6. The molecule has 3 heterocycles. The SMILES string of the molecule is Cc1cc(N2C[C@H]3CC[C@@H](C2)[C@@H]3Nc2nc(Oc3cc(F)cc(Cl)c3)n(C)n2)ncn1. The Hall–Kier alpha value is -2.94. The molecule has 0 unspecified atom stereocenters. The van der Waals surface area contributed by atoms with Gasteiger partial charge >= 0.3 is 6.01 Å². The summed E-state index contributed by atoms with van der Waals surface area (Å²) in [7, 11) is 1.74. The molecular formula is C21H23ClFN7O. The van der Waals surface area contributed by atoms with E-state index in [1.165, 1.54) is 22.9 Å². The molecule has 31 heavy (non-hydrogen) atoms. The van der Waals surface area contributed by atoms with E-state index >= 15 is 0 Å². The lowest BCUT2D eigenvalue weighted by Gasteiger charge is -2.38. The Bertz CT molecular complexity index is 1070. The molecule has 10 heteroatoms. The van der Waals surface area contributed by atoms with Crippen molar-refractivity contribution in [3.8, 4) is 11.8 Å². The first-order chi connectivity index (χ1) is 14.9. The van der Waals surface area contributed by atoms with Crippen LogP contribution in [0.3, 0.4) is 0 Å². The van der Waals surface area contributed by atoms with Crippen LogP contribution in [0.25, 0.3) is 0 Å². The Balaban J connectivity index is 1.28. The van der Waals surface area contributed by atoms with Crippen molar-refractivity contribution < 1.29 is 9.13 Å². The monoisotopic (exact) mass is 443 g/mol. The minimum Gasteiger partial charge on any atom is -0.424 e. The van der Waals surface area contributed by atoms with Crippen LogP contribution in [0.2, 0.25) is 5.02 Å². The van der Waals surface area contributed by atoms with Crippen LogP contribution in [0, 0.1) is 24.6 Å². The van der Waals surface area contributed by atoms with E-state index in [1.54, 1.807) is 13.4 Å². The molecule has 2 aromatic heterocycles. The predicted molar refractivity (Wildman–Crippen MR) is 115 cm³/mol. The van der Waals surface area contributed by atoms with E-state index in [0.717, 1.165) is 37.4 Å². The molecular weight excluding hydrogens is 421 g/mol. The van der Waals surface area contributed by atoms with E-state index in [0.29, 0.717) is 17.8 Å². The fourth-order valence-electron chi connectivity index (χ4n) is 4.62. The number of ether oxygens (including phenoxy) is 1. The number of hydrogen-bond donors (Lipinski definition) is 1. The highest BCUT2D eigenvalue weighted by atomic mass is 35.5. The summed E-state index contributed by atoms with van der Waals surface area (Å²) in [5, 5.41) is 8.21. The lowest BCUT2D eigenvalue weighted by molar-refractivity contribution is 0.374. The van der Waals surface area contributed by atoms with Crippen LogP contribution in [0.5, 0.6) is 11.8 Å². The van der Waals surface area contributed by atoms with Crippen molar-refractivity contribution in [1.29, 1.82) is 0 Å². The number of nitrogens with zero attached hydrogens (tertiary/aromatic N) is 6. The van der Waals surface area contributed by atoms with Crippen LogP contribution in [0.1, 0.15) is 18.5 Å². The summed E-state index contributed by atoms with van der Waals surface area (Å²) in [5.74, 6) is 2.26. The standard InChI is InChI=1S/C21H23ClFN7O/c1-12-5-18(25-11-24-12)30-9-13-3-4-14(10-30)19(13)26-20-27-21(29(2)28-20)31-17-7-15(22)6-16(23)8-17/h5-8,11,13-14,19H,3-4,9-10H2,1-2H3,(H,26,28)/t13-,14+,19-. The lowest BCUT2D eigenvalue weighted by Crippen LogP contribution is -2.48. The molecule has 3 atom stereocenters. The molecule has 0 spiro atoms. The van der Waals surface area contributed by atoms with Gasteiger partial charge in [0.1, 0.15) is 23.7 Å². The fourth-order valence-corrected chi connectivity index (χ4v) is 4.83.